The molecule has 2 amide bonds. The van der Waals surface area contributed by atoms with E-state index in [-0.39, 0.29) is 23.3 Å². The maximum absolute atomic E-state index is 12.5. The molecule has 6 heteroatoms. The third kappa shape index (κ3) is 3.00. The van der Waals surface area contributed by atoms with Crippen molar-refractivity contribution in [2.45, 2.75) is 25.3 Å². The average molecular weight is 298 g/mol. The smallest absolute Gasteiger partial charge is 0.322 e. The third-order valence-electron chi connectivity index (χ3n) is 3.85. The number of hydrogen-bond acceptors (Lipinski definition) is 3. The number of H-pyrrole nitrogens is 1. The fraction of sp³-hybridized carbons (Fsp3) is 0.312. The van der Waals surface area contributed by atoms with Gasteiger partial charge in [0.05, 0.1) is 11.7 Å². The summed E-state index contributed by atoms with van der Waals surface area (Å²) in [5.74, 6) is 0. The number of carbonyl (C=O) groups excluding carboxylic acids is 1. The average Bonchev–Trinajstić information content (AvgIpc) is 2.58. The summed E-state index contributed by atoms with van der Waals surface area (Å²) in [6.07, 6.45) is 6.19. The predicted molar refractivity (Wildman–Crippen MR) is 83.6 cm³/mol. The molecule has 2 aromatic heterocycles. The molecule has 22 heavy (non-hydrogen) atoms. The maximum atomic E-state index is 12.5. The zero-order valence-electron chi connectivity index (χ0n) is 12.2. The van der Waals surface area contributed by atoms with E-state index in [9.17, 15) is 9.59 Å². The Morgan fingerprint density at radius 2 is 2.18 bits per heavy atom. The molecule has 0 saturated carbocycles. The van der Waals surface area contributed by atoms with Crippen molar-refractivity contribution in [2.75, 3.05) is 11.9 Å². The minimum Gasteiger partial charge on any atom is -0.327 e. The first kappa shape index (κ1) is 14.3. The van der Waals surface area contributed by atoms with E-state index in [1.54, 1.807) is 23.2 Å². The second-order valence-corrected chi connectivity index (χ2v) is 5.30. The molecule has 0 radical (unpaired) electrons. The van der Waals surface area contributed by atoms with Gasteiger partial charge in [0, 0.05) is 18.9 Å². The van der Waals surface area contributed by atoms with Crippen LogP contribution in [0, 0.1) is 0 Å². The van der Waals surface area contributed by atoms with Gasteiger partial charge in [-0.2, -0.15) is 0 Å². The summed E-state index contributed by atoms with van der Waals surface area (Å²) >= 11 is 0. The van der Waals surface area contributed by atoms with E-state index in [0.717, 1.165) is 25.0 Å². The van der Waals surface area contributed by atoms with E-state index in [1.165, 1.54) is 6.20 Å². The standard InChI is InChI=1S/C16H18N4O2/c21-15-13(7-5-10-18-15)19-16(22)20-11-4-2-8-14(20)12-6-1-3-9-17-12/h1,3,5-7,9-10,14H,2,4,8,11H2,(H,18,21)(H,19,22)/t14-/m0/s1. The van der Waals surface area contributed by atoms with Crippen molar-refractivity contribution in [2.24, 2.45) is 0 Å². The molecule has 0 unspecified atom stereocenters. The van der Waals surface area contributed by atoms with E-state index >= 15 is 0 Å². The van der Waals surface area contributed by atoms with Gasteiger partial charge in [-0.05, 0) is 43.5 Å². The Hall–Kier alpha value is -2.63. The lowest BCUT2D eigenvalue weighted by Gasteiger charge is -2.35. The summed E-state index contributed by atoms with van der Waals surface area (Å²) < 4.78 is 0. The Morgan fingerprint density at radius 1 is 1.27 bits per heavy atom. The third-order valence-corrected chi connectivity index (χ3v) is 3.85. The van der Waals surface area contributed by atoms with Crippen LogP contribution in [0.1, 0.15) is 31.0 Å². The number of aromatic nitrogens is 2. The van der Waals surface area contributed by atoms with Crippen LogP contribution in [-0.2, 0) is 0 Å². The van der Waals surface area contributed by atoms with Crippen molar-refractivity contribution in [1.82, 2.24) is 14.9 Å². The summed E-state index contributed by atoms with van der Waals surface area (Å²) in [5.41, 5.74) is 0.847. The van der Waals surface area contributed by atoms with Gasteiger partial charge >= 0.3 is 6.03 Å². The summed E-state index contributed by atoms with van der Waals surface area (Å²) in [7, 11) is 0. The number of aromatic amines is 1. The van der Waals surface area contributed by atoms with Gasteiger partial charge in [-0.1, -0.05) is 6.07 Å². The van der Waals surface area contributed by atoms with E-state index in [1.807, 2.05) is 18.2 Å². The lowest BCUT2D eigenvalue weighted by molar-refractivity contribution is 0.161. The Balaban J connectivity index is 1.80. The van der Waals surface area contributed by atoms with Crippen molar-refractivity contribution >= 4 is 11.7 Å². The van der Waals surface area contributed by atoms with Gasteiger partial charge in [-0.3, -0.25) is 9.78 Å². The van der Waals surface area contributed by atoms with Crippen LogP contribution in [-0.4, -0.2) is 27.4 Å². The topological polar surface area (TPSA) is 78.1 Å². The van der Waals surface area contributed by atoms with Crippen LogP contribution < -0.4 is 10.9 Å². The van der Waals surface area contributed by atoms with Gasteiger partial charge < -0.3 is 15.2 Å². The maximum Gasteiger partial charge on any atom is 0.322 e. The number of amides is 2. The molecule has 2 aromatic rings. The number of nitrogens with one attached hydrogen (secondary N) is 2. The molecular formula is C16H18N4O2. The molecule has 1 saturated heterocycles. The summed E-state index contributed by atoms with van der Waals surface area (Å²) in [6, 6.07) is 8.70. The van der Waals surface area contributed by atoms with Crippen molar-refractivity contribution in [3.8, 4) is 0 Å². The molecule has 3 rings (SSSR count). The number of pyridine rings is 2. The fourth-order valence-corrected chi connectivity index (χ4v) is 2.76. The molecule has 1 aliphatic heterocycles. The summed E-state index contributed by atoms with van der Waals surface area (Å²) in [6.45, 7) is 0.664. The second kappa shape index (κ2) is 6.43. The van der Waals surface area contributed by atoms with E-state index < -0.39 is 0 Å². The summed E-state index contributed by atoms with van der Waals surface area (Å²) in [5, 5.41) is 2.70. The van der Waals surface area contributed by atoms with Crippen LogP contribution in [0.25, 0.3) is 0 Å². The van der Waals surface area contributed by atoms with Crippen LogP contribution in [0.5, 0.6) is 0 Å². The van der Waals surface area contributed by atoms with Crippen LogP contribution in [0.3, 0.4) is 0 Å². The minimum absolute atomic E-state index is 0.0438. The van der Waals surface area contributed by atoms with Crippen molar-refractivity contribution in [3.05, 3.63) is 58.8 Å². The highest BCUT2D eigenvalue weighted by Crippen LogP contribution is 2.29. The van der Waals surface area contributed by atoms with Gasteiger partial charge in [-0.15, -0.1) is 0 Å². The number of rotatable bonds is 2. The van der Waals surface area contributed by atoms with E-state index in [0.29, 0.717) is 6.54 Å². The number of piperidine rings is 1. The number of likely N-dealkylation sites (tertiary alicyclic amines) is 1. The normalized spacial score (nSPS) is 18.0. The number of anilines is 1. The number of hydrogen-bond donors (Lipinski definition) is 2. The van der Waals surface area contributed by atoms with Crippen molar-refractivity contribution < 1.29 is 4.79 Å². The van der Waals surface area contributed by atoms with Crippen LogP contribution in [0.4, 0.5) is 10.5 Å². The Kier molecular flexibility index (Phi) is 4.18. The molecule has 3 heterocycles. The summed E-state index contributed by atoms with van der Waals surface area (Å²) in [4.78, 5) is 32.9. The van der Waals surface area contributed by atoms with Crippen LogP contribution >= 0.6 is 0 Å². The highest BCUT2D eigenvalue weighted by Gasteiger charge is 2.29. The van der Waals surface area contributed by atoms with Gasteiger partial charge in [-0.25, -0.2) is 4.79 Å². The minimum atomic E-state index is -0.303. The lowest BCUT2D eigenvalue weighted by Crippen LogP contribution is -2.42. The molecular weight excluding hydrogens is 280 g/mol. The van der Waals surface area contributed by atoms with Crippen molar-refractivity contribution in [1.29, 1.82) is 0 Å². The SMILES string of the molecule is O=C(Nc1ccc[nH]c1=O)N1CCCC[C@H]1c1ccccn1. The van der Waals surface area contributed by atoms with Crippen LogP contribution in [0.2, 0.25) is 0 Å². The first-order valence-electron chi connectivity index (χ1n) is 7.42. The highest BCUT2D eigenvalue weighted by molar-refractivity contribution is 5.89. The number of carbonyl (C=O) groups is 1. The molecule has 0 bridgehead atoms. The monoisotopic (exact) mass is 298 g/mol. The molecule has 2 N–H and O–H groups in total. The molecule has 0 aliphatic carbocycles. The van der Waals surface area contributed by atoms with Gasteiger partial charge in [0.15, 0.2) is 0 Å². The van der Waals surface area contributed by atoms with Gasteiger partial charge in [0.1, 0.15) is 5.69 Å². The number of nitrogens with zero attached hydrogens (tertiary/aromatic N) is 2. The molecule has 1 aliphatic rings. The molecule has 0 spiro atoms. The number of urea groups is 1. The van der Waals surface area contributed by atoms with Gasteiger partial charge in [0.2, 0.25) is 0 Å². The van der Waals surface area contributed by atoms with E-state index in [4.69, 9.17) is 0 Å². The Bertz CT molecular complexity index is 699. The quantitative estimate of drug-likeness (QED) is 0.894. The predicted octanol–water partition coefficient (Wildman–Crippen LogP) is 2.53. The molecule has 6 nitrogen and oxygen atoms in total. The first-order valence-corrected chi connectivity index (χ1v) is 7.42. The zero-order valence-corrected chi connectivity index (χ0v) is 12.2. The lowest BCUT2D eigenvalue weighted by atomic mass is 9.99. The molecule has 1 atom stereocenters. The largest absolute Gasteiger partial charge is 0.327 e. The Morgan fingerprint density at radius 3 is 2.95 bits per heavy atom. The molecule has 0 aromatic carbocycles. The van der Waals surface area contributed by atoms with Crippen LogP contribution in [0.15, 0.2) is 47.5 Å². The molecule has 114 valence electrons. The Labute approximate surface area is 128 Å². The second-order valence-electron chi connectivity index (χ2n) is 5.30. The highest BCUT2D eigenvalue weighted by atomic mass is 16.2. The van der Waals surface area contributed by atoms with Gasteiger partial charge in [0.25, 0.3) is 5.56 Å². The fourth-order valence-electron chi connectivity index (χ4n) is 2.76. The zero-order chi connectivity index (χ0) is 15.4. The van der Waals surface area contributed by atoms with Crippen molar-refractivity contribution in [3.63, 3.8) is 0 Å². The van der Waals surface area contributed by atoms with E-state index in [2.05, 4.69) is 15.3 Å². The first-order chi connectivity index (χ1) is 10.8. The molecule has 1 fully saturated rings.